The molecule has 2 heterocycles. The Morgan fingerprint density at radius 1 is 1.18 bits per heavy atom. The third-order valence-corrected chi connectivity index (χ3v) is 5.19. The molecule has 34 heavy (non-hydrogen) atoms. The molecule has 0 radical (unpaired) electrons. The van der Waals surface area contributed by atoms with Crippen LogP contribution < -0.4 is 15.2 Å². The summed E-state index contributed by atoms with van der Waals surface area (Å²) >= 11 is 0. The third kappa shape index (κ3) is 5.31. The highest BCUT2D eigenvalue weighted by Crippen LogP contribution is 2.34. The molecule has 0 spiro atoms. The highest BCUT2D eigenvalue weighted by molar-refractivity contribution is 5.96. The van der Waals surface area contributed by atoms with E-state index in [9.17, 15) is 4.79 Å². The number of aromatic nitrogens is 2. The summed E-state index contributed by atoms with van der Waals surface area (Å²) in [6.45, 7) is 4.63. The predicted octanol–water partition coefficient (Wildman–Crippen LogP) is 3.20. The van der Waals surface area contributed by atoms with E-state index in [1.54, 1.807) is 6.07 Å². The number of nitrogens with zero attached hydrogens (tertiary/aromatic N) is 4. The van der Waals surface area contributed by atoms with Gasteiger partial charge in [0, 0.05) is 6.54 Å². The maximum absolute atomic E-state index is 12.2. The molecule has 2 aromatic carbocycles. The minimum absolute atomic E-state index is 0.105. The van der Waals surface area contributed by atoms with E-state index in [1.807, 2.05) is 54.6 Å². The second-order valence-electron chi connectivity index (χ2n) is 7.52. The molecule has 9 heteroatoms. The quantitative estimate of drug-likeness (QED) is 0.424. The zero-order valence-corrected chi connectivity index (χ0v) is 18.4. The Morgan fingerprint density at radius 2 is 1.91 bits per heavy atom. The summed E-state index contributed by atoms with van der Waals surface area (Å²) in [7, 11) is 0. The fourth-order valence-corrected chi connectivity index (χ4v) is 3.49. The first-order valence-corrected chi connectivity index (χ1v) is 10.6. The topological polar surface area (TPSA) is 124 Å². The van der Waals surface area contributed by atoms with Gasteiger partial charge in [-0.05, 0) is 29.8 Å². The van der Waals surface area contributed by atoms with Crippen LogP contribution in [0, 0.1) is 11.3 Å². The van der Waals surface area contributed by atoms with Gasteiger partial charge in [-0.3, -0.25) is 4.79 Å². The number of benzene rings is 2. The highest BCUT2D eigenvalue weighted by atomic mass is 16.5. The normalized spacial score (nSPS) is 15.3. The van der Waals surface area contributed by atoms with Crippen LogP contribution in [0.1, 0.15) is 0 Å². The average molecular weight is 457 g/mol. The summed E-state index contributed by atoms with van der Waals surface area (Å²) in [5, 5.41) is 8.92. The maximum Gasteiger partial charge on any atom is 0.264 e. The minimum Gasteiger partial charge on any atom is -0.474 e. The molecule has 3 aromatic rings. The number of rotatable bonds is 7. The Kier molecular flexibility index (Phi) is 7.01. The van der Waals surface area contributed by atoms with Crippen molar-refractivity contribution < 1.29 is 19.0 Å². The van der Waals surface area contributed by atoms with Crippen molar-refractivity contribution in [2.24, 2.45) is 0 Å². The molecule has 1 aromatic heterocycles. The highest BCUT2D eigenvalue weighted by Gasteiger charge is 2.26. The van der Waals surface area contributed by atoms with Gasteiger partial charge >= 0.3 is 0 Å². The lowest BCUT2D eigenvalue weighted by atomic mass is 10.1. The molecule has 1 unspecified atom stereocenters. The fraction of sp³-hybridized carbons (Fsp3) is 0.200. The summed E-state index contributed by atoms with van der Waals surface area (Å²) in [4.78, 5) is 22.1. The number of ether oxygens (including phenoxy) is 3. The van der Waals surface area contributed by atoms with Crippen LogP contribution in [0.25, 0.3) is 11.1 Å². The van der Waals surface area contributed by atoms with Crippen LogP contribution in [0.3, 0.4) is 0 Å². The lowest BCUT2D eigenvalue weighted by Crippen LogP contribution is -2.48. The molecule has 0 aliphatic carbocycles. The number of hydrogen-bond acceptors (Lipinski definition) is 8. The molecule has 0 saturated carbocycles. The Hall–Kier alpha value is -4.42. The maximum atomic E-state index is 12.2. The third-order valence-electron chi connectivity index (χ3n) is 5.19. The number of nitrogen functional groups attached to an aromatic ring is 1. The van der Waals surface area contributed by atoms with Crippen LogP contribution in [0.4, 0.5) is 5.82 Å². The smallest absolute Gasteiger partial charge is 0.264 e. The summed E-state index contributed by atoms with van der Waals surface area (Å²) in [5.74, 6) is 1.58. The second kappa shape index (κ2) is 10.5. The van der Waals surface area contributed by atoms with Gasteiger partial charge in [0.1, 0.15) is 48.0 Å². The van der Waals surface area contributed by atoms with Crippen LogP contribution in [-0.2, 0) is 9.53 Å². The number of carbonyl (C=O) groups is 1. The zero-order chi connectivity index (χ0) is 23.9. The molecule has 1 amide bonds. The fourth-order valence-electron chi connectivity index (χ4n) is 3.49. The van der Waals surface area contributed by atoms with Gasteiger partial charge in [0.05, 0.1) is 18.7 Å². The Morgan fingerprint density at radius 3 is 2.65 bits per heavy atom. The molecule has 1 fully saturated rings. The Labute approximate surface area is 197 Å². The van der Waals surface area contributed by atoms with E-state index < -0.39 is 12.0 Å². The van der Waals surface area contributed by atoms with E-state index in [-0.39, 0.29) is 24.5 Å². The molecular formula is C25H23N5O4. The van der Waals surface area contributed by atoms with E-state index in [2.05, 4.69) is 16.5 Å². The summed E-state index contributed by atoms with van der Waals surface area (Å²) in [5.41, 5.74) is 7.36. The van der Waals surface area contributed by atoms with Crippen LogP contribution in [0.2, 0.25) is 0 Å². The van der Waals surface area contributed by atoms with Crippen molar-refractivity contribution in [3.8, 4) is 34.6 Å². The van der Waals surface area contributed by atoms with Gasteiger partial charge < -0.3 is 24.8 Å². The van der Waals surface area contributed by atoms with Crippen molar-refractivity contribution in [2.45, 2.75) is 6.10 Å². The Bertz CT molecular complexity index is 1210. The molecule has 2 N–H and O–H groups in total. The lowest BCUT2D eigenvalue weighted by molar-refractivity contribution is -0.135. The first-order chi connectivity index (χ1) is 16.5. The van der Waals surface area contributed by atoms with Gasteiger partial charge in [0.25, 0.3) is 5.91 Å². The minimum atomic E-state index is -0.402. The van der Waals surface area contributed by atoms with Crippen molar-refractivity contribution >= 4 is 11.7 Å². The number of nitriles is 1. The number of morpholine rings is 1. The molecule has 4 rings (SSSR count). The summed E-state index contributed by atoms with van der Waals surface area (Å²) in [6.07, 6.45) is 0.935. The molecule has 0 bridgehead atoms. The average Bonchev–Trinajstić information content (AvgIpc) is 2.88. The zero-order valence-electron chi connectivity index (χ0n) is 18.4. The first-order valence-electron chi connectivity index (χ1n) is 10.6. The van der Waals surface area contributed by atoms with E-state index in [0.29, 0.717) is 30.3 Å². The van der Waals surface area contributed by atoms with Crippen LogP contribution in [0.5, 0.6) is 17.4 Å². The molecule has 1 aliphatic rings. The number of nitrogens with two attached hydrogens (primary N) is 1. The SMILES string of the molecule is C=C(C#N)C(=O)N1CCOC(COc2ncnc(N)c2-c2ccc(Oc3ccccc3)cc2)C1. The summed E-state index contributed by atoms with van der Waals surface area (Å²) in [6, 6.07) is 18.6. The van der Waals surface area contributed by atoms with E-state index in [4.69, 9.17) is 25.2 Å². The van der Waals surface area contributed by atoms with Gasteiger partial charge in [-0.2, -0.15) is 5.26 Å². The number of carbonyl (C=O) groups excluding carboxylic acids is 1. The lowest BCUT2D eigenvalue weighted by Gasteiger charge is -2.32. The number of hydrogen-bond donors (Lipinski definition) is 1. The van der Waals surface area contributed by atoms with Gasteiger partial charge in [-0.25, -0.2) is 9.97 Å². The van der Waals surface area contributed by atoms with Gasteiger partial charge in [0.15, 0.2) is 0 Å². The van der Waals surface area contributed by atoms with Crippen LogP contribution in [-0.4, -0.2) is 53.2 Å². The van der Waals surface area contributed by atoms with Crippen LogP contribution >= 0.6 is 0 Å². The predicted molar refractivity (Wildman–Crippen MR) is 125 cm³/mol. The standard InChI is InChI=1S/C25H23N5O4/c1-17(13-26)25(31)30-11-12-32-21(14-30)15-33-24-22(23(27)28-16-29-24)18-7-9-20(10-8-18)34-19-5-3-2-4-6-19/h2-10,16,21H,1,11-12,14-15H2,(H2,27,28,29). The van der Waals surface area contributed by atoms with E-state index >= 15 is 0 Å². The van der Waals surface area contributed by atoms with E-state index in [1.165, 1.54) is 11.2 Å². The summed E-state index contributed by atoms with van der Waals surface area (Å²) < 4.78 is 17.5. The molecule has 172 valence electrons. The van der Waals surface area contributed by atoms with Crippen molar-refractivity contribution in [3.05, 3.63) is 73.1 Å². The van der Waals surface area contributed by atoms with Crippen molar-refractivity contribution in [3.63, 3.8) is 0 Å². The van der Waals surface area contributed by atoms with Crippen molar-refractivity contribution in [1.82, 2.24) is 14.9 Å². The number of anilines is 1. The van der Waals surface area contributed by atoms with Gasteiger partial charge in [-0.1, -0.05) is 36.9 Å². The molecular weight excluding hydrogens is 434 g/mol. The van der Waals surface area contributed by atoms with Crippen molar-refractivity contribution in [1.29, 1.82) is 5.26 Å². The number of para-hydroxylation sites is 1. The molecule has 1 saturated heterocycles. The van der Waals surface area contributed by atoms with Gasteiger partial charge in [-0.15, -0.1) is 0 Å². The first kappa shape index (κ1) is 22.8. The molecule has 1 aliphatic heterocycles. The number of amides is 1. The van der Waals surface area contributed by atoms with Crippen LogP contribution in [0.15, 0.2) is 73.1 Å². The van der Waals surface area contributed by atoms with Gasteiger partial charge in [0.2, 0.25) is 5.88 Å². The molecule has 1 atom stereocenters. The Balaban J connectivity index is 1.45. The van der Waals surface area contributed by atoms with Crippen molar-refractivity contribution in [2.75, 3.05) is 32.0 Å². The largest absolute Gasteiger partial charge is 0.474 e. The van der Waals surface area contributed by atoms with E-state index in [0.717, 1.165) is 11.3 Å². The monoisotopic (exact) mass is 457 g/mol. The molecule has 9 nitrogen and oxygen atoms in total. The second-order valence-corrected chi connectivity index (χ2v) is 7.52.